The average molecular weight is 684 g/mol. The number of carbonyl (C=O) groups excluding carboxylic acids is 2. The van der Waals surface area contributed by atoms with Crippen LogP contribution in [-0.4, -0.2) is 75.0 Å². The number of hydrogen-bond donors (Lipinski definition) is 5. The van der Waals surface area contributed by atoms with Gasteiger partial charge in [-0.1, -0.05) is 28.1 Å². The minimum Gasteiger partial charge on any atom is -0.383 e. The maximum atomic E-state index is 13.9. The smallest absolute Gasteiger partial charge is 0.243 e. The van der Waals surface area contributed by atoms with Crippen LogP contribution in [0, 0.1) is 11.3 Å². The predicted molar refractivity (Wildman–Crippen MR) is 167 cm³/mol. The Kier molecular flexibility index (Phi) is 11.5. The Morgan fingerprint density at radius 3 is 2.57 bits per heavy atom. The van der Waals surface area contributed by atoms with Gasteiger partial charge in [0.05, 0.1) is 30.4 Å². The van der Waals surface area contributed by atoms with Gasteiger partial charge in [0.15, 0.2) is 0 Å². The monoisotopic (exact) mass is 682 g/mol. The van der Waals surface area contributed by atoms with Crippen molar-refractivity contribution in [2.45, 2.75) is 63.4 Å². The second-order valence-electron chi connectivity index (χ2n) is 10.9. The van der Waals surface area contributed by atoms with Crippen LogP contribution in [0.5, 0.6) is 0 Å². The van der Waals surface area contributed by atoms with Crippen molar-refractivity contribution in [3.05, 3.63) is 56.2 Å². The van der Waals surface area contributed by atoms with Gasteiger partial charge in [-0.3, -0.25) is 15.0 Å². The number of nitrogen functional groups attached to an aromatic ring is 1. The lowest BCUT2D eigenvalue weighted by atomic mass is 9.91. The van der Waals surface area contributed by atoms with Crippen LogP contribution in [0.3, 0.4) is 0 Å². The fourth-order valence-corrected chi connectivity index (χ4v) is 7.19. The van der Waals surface area contributed by atoms with Crippen LogP contribution < -0.4 is 21.1 Å². The largest absolute Gasteiger partial charge is 0.383 e. The maximum Gasteiger partial charge on any atom is 0.243 e. The second kappa shape index (κ2) is 14.9. The molecule has 2 aliphatic heterocycles. The number of nitrogens with one attached hydrogen (secondary N) is 4. The van der Waals surface area contributed by atoms with Crippen molar-refractivity contribution < 1.29 is 22.7 Å². The first-order chi connectivity index (χ1) is 20.0. The Bertz CT molecular complexity index is 1350. The van der Waals surface area contributed by atoms with E-state index in [9.17, 15) is 18.0 Å². The first kappa shape index (κ1) is 32.6. The van der Waals surface area contributed by atoms with E-state index < -0.39 is 34.1 Å². The highest BCUT2D eigenvalue weighted by atomic mass is 79.9. The van der Waals surface area contributed by atoms with Crippen molar-refractivity contribution in [2.75, 3.05) is 25.9 Å². The molecule has 0 saturated carbocycles. The molecule has 0 bridgehead atoms. The summed E-state index contributed by atoms with van der Waals surface area (Å²) >= 11 is 4.74. The first-order valence-electron chi connectivity index (χ1n) is 14.0. The molecular formula is C28H39BrN6O5S2. The molecule has 2 fully saturated rings. The van der Waals surface area contributed by atoms with Crippen molar-refractivity contribution in [3.63, 3.8) is 0 Å². The molecule has 14 heteroatoms. The second-order valence-corrected chi connectivity index (χ2v) is 14.8. The number of thiophene rings is 1. The number of benzene rings is 1. The SMILES string of the molecule is CS(=O)(=O)N[C@H](CCC1CCNCC1)C(=O)N1C[C@H](OCc2ccc(Br)cc2)C[C@H]1C(=O)NCc1ccc(C(=N)N)s1. The van der Waals surface area contributed by atoms with Gasteiger partial charge in [0.25, 0.3) is 0 Å². The van der Waals surface area contributed by atoms with Crippen LogP contribution in [0.1, 0.15) is 47.4 Å². The number of ether oxygens (including phenoxy) is 1. The normalized spacial score (nSPS) is 20.4. The predicted octanol–water partition coefficient (Wildman–Crippen LogP) is 2.29. The topological polar surface area (TPSA) is 167 Å². The van der Waals surface area contributed by atoms with E-state index in [4.69, 9.17) is 15.9 Å². The Labute approximate surface area is 259 Å². The molecule has 0 aliphatic carbocycles. The fourth-order valence-electron chi connectivity index (χ4n) is 5.38. The summed E-state index contributed by atoms with van der Waals surface area (Å²) in [6.07, 6.45) is 3.97. The Morgan fingerprint density at radius 1 is 1.21 bits per heavy atom. The third-order valence-electron chi connectivity index (χ3n) is 7.59. The summed E-state index contributed by atoms with van der Waals surface area (Å²) in [5.41, 5.74) is 6.53. The number of hydrogen-bond acceptors (Lipinski definition) is 8. The van der Waals surface area contributed by atoms with Gasteiger partial charge >= 0.3 is 0 Å². The summed E-state index contributed by atoms with van der Waals surface area (Å²) in [4.78, 5) is 30.3. The van der Waals surface area contributed by atoms with Crippen LogP contribution in [-0.2, 0) is 37.5 Å². The molecule has 0 radical (unpaired) electrons. The van der Waals surface area contributed by atoms with E-state index in [0.29, 0.717) is 30.2 Å². The van der Waals surface area contributed by atoms with Crippen LogP contribution in [0.15, 0.2) is 40.9 Å². The van der Waals surface area contributed by atoms with E-state index in [1.807, 2.05) is 24.3 Å². The van der Waals surface area contributed by atoms with Crippen LogP contribution >= 0.6 is 27.3 Å². The third kappa shape index (κ3) is 9.58. The zero-order valence-electron chi connectivity index (χ0n) is 23.6. The Morgan fingerprint density at radius 2 is 1.93 bits per heavy atom. The van der Waals surface area contributed by atoms with Gasteiger partial charge in [-0.2, -0.15) is 0 Å². The van der Waals surface area contributed by atoms with E-state index in [1.54, 1.807) is 12.1 Å². The van der Waals surface area contributed by atoms with Crippen molar-refractivity contribution in [1.82, 2.24) is 20.3 Å². The molecule has 6 N–H and O–H groups in total. The summed E-state index contributed by atoms with van der Waals surface area (Å²) in [5.74, 6) is -0.385. The quantitative estimate of drug-likeness (QED) is 0.160. The Balaban J connectivity index is 1.48. The van der Waals surface area contributed by atoms with Gasteiger partial charge in [0.1, 0.15) is 17.9 Å². The molecule has 42 heavy (non-hydrogen) atoms. The number of amidine groups is 1. The van der Waals surface area contributed by atoms with E-state index in [1.165, 1.54) is 16.2 Å². The zero-order valence-corrected chi connectivity index (χ0v) is 26.8. The number of sulfonamides is 1. The van der Waals surface area contributed by atoms with Crippen molar-refractivity contribution >= 4 is 54.9 Å². The van der Waals surface area contributed by atoms with E-state index in [2.05, 4.69) is 31.3 Å². The molecule has 0 spiro atoms. The molecule has 1 aromatic carbocycles. The average Bonchev–Trinajstić information content (AvgIpc) is 3.61. The molecule has 2 amide bonds. The molecule has 1 aromatic heterocycles. The lowest BCUT2D eigenvalue weighted by molar-refractivity contribution is -0.140. The van der Waals surface area contributed by atoms with E-state index in [-0.39, 0.29) is 31.3 Å². The van der Waals surface area contributed by atoms with Crippen molar-refractivity contribution in [2.24, 2.45) is 11.7 Å². The molecule has 230 valence electrons. The van der Waals surface area contributed by atoms with Crippen LogP contribution in [0.4, 0.5) is 0 Å². The highest BCUT2D eigenvalue weighted by molar-refractivity contribution is 9.10. The number of nitrogens with two attached hydrogens (primary N) is 1. The molecule has 2 aliphatic rings. The zero-order chi connectivity index (χ0) is 30.3. The van der Waals surface area contributed by atoms with E-state index in [0.717, 1.165) is 47.1 Å². The van der Waals surface area contributed by atoms with Gasteiger partial charge in [0, 0.05) is 22.3 Å². The standard InChI is InChI=1S/C28H39BrN6O5S2/c1-42(38,39)34-23(8-4-18-10-12-32-13-11-18)28(37)35-16-21(40-17-19-2-5-20(29)6-3-19)14-24(35)27(36)33-15-22-7-9-25(41-22)26(30)31/h2-3,5-7,9,18,21,23-24,32,34H,4,8,10-17H2,1H3,(H3,30,31)(H,33,36)/t21-,23-,24+/m1/s1. The number of nitrogens with zero attached hydrogens (tertiary/aromatic N) is 1. The minimum absolute atomic E-state index is 0.0372. The van der Waals surface area contributed by atoms with Gasteiger partial charge in [0.2, 0.25) is 21.8 Å². The van der Waals surface area contributed by atoms with Crippen molar-refractivity contribution in [1.29, 1.82) is 5.41 Å². The molecule has 0 unspecified atom stereocenters. The molecule has 4 rings (SSSR count). The number of carbonyl (C=O) groups is 2. The van der Waals surface area contributed by atoms with Crippen LogP contribution in [0.2, 0.25) is 0 Å². The summed E-state index contributed by atoms with van der Waals surface area (Å²) in [7, 11) is -3.67. The van der Waals surface area contributed by atoms with Gasteiger partial charge < -0.3 is 26.0 Å². The number of halogens is 1. The highest BCUT2D eigenvalue weighted by Gasteiger charge is 2.42. The van der Waals surface area contributed by atoms with Gasteiger partial charge in [-0.15, -0.1) is 11.3 Å². The lowest BCUT2D eigenvalue weighted by Gasteiger charge is -2.29. The Hall–Kier alpha value is -2.36. The number of piperidine rings is 1. The summed E-state index contributed by atoms with van der Waals surface area (Å²) < 4.78 is 34.2. The number of likely N-dealkylation sites (tertiary alicyclic amines) is 1. The molecule has 2 saturated heterocycles. The molecule has 2 aromatic rings. The third-order valence-corrected chi connectivity index (χ3v) is 9.95. The van der Waals surface area contributed by atoms with Gasteiger partial charge in [-0.25, -0.2) is 13.1 Å². The highest BCUT2D eigenvalue weighted by Crippen LogP contribution is 2.26. The number of rotatable bonds is 13. The maximum absolute atomic E-state index is 13.9. The summed E-state index contributed by atoms with van der Waals surface area (Å²) in [6.45, 7) is 2.54. The number of amides is 2. The van der Waals surface area contributed by atoms with Crippen molar-refractivity contribution in [3.8, 4) is 0 Å². The summed E-state index contributed by atoms with van der Waals surface area (Å²) in [5, 5.41) is 13.8. The molecular weight excluding hydrogens is 644 g/mol. The fraction of sp³-hybridized carbons (Fsp3) is 0.536. The van der Waals surface area contributed by atoms with Gasteiger partial charge in [-0.05, 0) is 74.5 Å². The molecule has 3 atom stereocenters. The molecule has 3 heterocycles. The lowest BCUT2D eigenvalue weighted by Crippen LogP contribution is -2.53. The van der Waals surface area contributed by atoms with E-state index >= 15 is 0 Å². The minimum atomic E-state index is -3.67. The van der Waals surface area contributed by atoms with Crippen LogP contribution in [0.25, 0.3) is 0 Å². The summed E-state index contributed by atoms with van der Waals surface area (Å²) in [6, 6.07) is 9.47. The first-order valence-corrected chi connectivity index (χ1v) is 17.5. The molecule has 11 nitrogen and oxygen atoms in total.